The van der Waals surface area contributed by atoms with Crippen LogP contribution in [0.4, 0.5) is 0 Å². The highest BCUT2D eigenvalue weighted by Gasteiger charge is 2.09. The molecule has 0 saturated carbocycles. The molecular formula is C9H11BrN4S2. The van der Waals surface area contributed by atoms with Crippen LogP contribution in [-0.4, -0.2) is 14.8 Å². The van der Waals surface area contributed by atoms with E-state index in [9.17, 15) is 0 Å². The van der Waals surface area contributed by atoms with E-state index in [-0.39, 0.29) is 0 Å². The first kappa shape index (κ1) is 12.1. The topological polar surface area (TPSA) is 56.7 Å². The zero-order valence-electron chi connectivity index (χ0n) is 8.68. The van der Waals surface area contributed by atoms with E-state index >= 15 is 0 Å². The Bertz CT molecular complexity index is 480. The molecule has 2 N–H and O–H groups in total. The molecule has 0 unspecified atom stereocenters. The molecule has 0 radical (unpaired) electrons. The van der Waals surface area contributed by atoms with Crippen LogP contribution in [0.5, 0.6) is 0 Å². The van der Waals surface area contributed by atoms with E-state index in [1.807, 2.05) is 11.6 Å². The van der Waals surface area contributed by atoms with Gasteiger partial charge < -0.3 is 10.3 Å². The lowest BCUT2D eigenvalue weighted by molar-refractivity contribution is 0.734. The van der Waals surface area contributed by atoms with Crippen molar-refractivity contribution in [2.24, 2.45) is 12.8 Å². The molecule has 0 aliphatic heterocycles. The largest absolute Gasteiger partial charge is 0.324 e. The molecule has 0 saturated heterocycles. The smallest absolute Gasteiger partial charge is 0.191 e. The van der Waals surface area contributed by atoms with Crippen LogP contribution in [0.15, 0.2) is 21.1 Å². The fourth-order valence-electron chi connectivity index (χ4n) is 1.21. The minimum Gasteiger partial charge on any atom is -0.324 e. The number of thiophene rings is 1. The Labute approximate surface area is 110 Å². The van der Waals surface area contributed by atoms with Crippen LogP contribution < -0.4 is 5.73 Å². The van der Waals surface area contributed by atoms with Gasteiger partial charge in [0.15, 0.2) is 5.16 Å². The van der Waals surface area contributed by atoms with Gasteiger partial charge in [-0.3, -0.25) is 0 Å². The molecule has 0 bridgehead atoms. The molecule has 0 aliphatic rings. The molecule has 2 rings (SSSR count). The average Bonchev–Trinajstić information content (AvgIpc) is 2.83. The SMILES string of the molecule is Cn1c(CN)nnc1SCc1sccc1Br. The van der Waals surface area contributed by atoms with Gasteiger partial charge in [-0.15, -0.1) is 21.5 Å². The number of aromatic nitrogens is 3. The van der Waals surface area contributed by atoms with E-state index in [4.69, 9.17) is 5.73 Å². The fraction of sp³-hybridized carbons (Fsp3) is 0.333. The third kappa shape index (κ3) is 2.48. The molecule has 7 heteroatoms. The summed E-state index contributed by atoms with van der Waals surface area (Å²) in [6.45, 7) is 0.423. The summed E-state index contributed by atoms with van der Waals surface area (Å²) in [6, 6.07) is 2.06. The van der Waals surface area contributed by atoms with Crippen LogP contribution in [0.2, 0.25) is 0 Å². The Kier molecular flexibility index (Phi) is 4.01. The highest BCUT2D eigenvalue weighted by atomic mass is 79.9. The van der Waals surface area contributed by atoms with Crippen LogP contribution in [0.25, 0.3) is 0 Å². The first-order valence-electron chi connectivity index (χ1n) is 4.65. The zero-order valence-corrected chi connectivity index (χ0v) is 11.9. The van der Waals surface area contributed by atoms with E-state index in [1.54, 1.807) is 23.1 Å². The van der Waals surface area contributed by atoms with Crippen molar-refractivity contribution >= 4 is 39.0 Å². The minimum absolute atomic E-state index is 0.423. The van der Waals surface area contributed by atoms with Crippen LogP contribution in [-0.2, 0) is 19.3 Å². The first-order chi connectivity index (χ1) is 7.72. The number of rotatable bonds is 4. The van der Waals surface area contributed by atoms with Crippen molar-refractivity contribution in [2.75, 3.05) is 0 Å². The second-order valence-electron chi connectivity index (χ2n) is 3.14. The molecule has 0 aromatic carbocycles. The summed E-state index contributed by atoms with van der Waals surface area (Å²) in [6.07, 6.45) is 0. The molecule has 86 valence electrons. The molecule has 2 aromatic heterocycles. The number of nitrogens with two attached hydrogens (primary N) is 1. The van der Waals surface area contributed by atoms with E-state index in [0.29, 0.717) is 6.54 Å². The van der Waals surface area contributed by atoms with Gasteiger partial charge in [-0.1, -0.05) is 11.8 Å². The Morgan fingerprint density at radius 2 is 2.38 bits per heavy atom. The van der Waals surface area contributed by atoms with Crippen LogP contribution in [0.3, 0.4) is 0 Å². The van der Waals surface area contributed by atoms with Crippen molar-refractivity contribution < 1.29 is 0 Å². The Morgan fingerprint density at radius 1 is 1.56 bits per heavy atom. The first-order valence-corrected chi connectivity index (χ1v) is 7.31. The van der Waals surface area contributed by atoms with Gasteiger partial charge in [-0.2, -0.15) is 0 Å². The normalized spacial score (nSPS) is 10.9. The van der Waals surface area contributed by atoms with Crippen molar-refractivity contribution in [2.45, 2.75) is 17.5 Å². The summed E-state index contributed by atoms with van der Waals surface area (Å²) in [5.74, 6) is 1.71. The lowest BCUT2D eigenvalue weighted by Gasteiger charge is -2.01. The second kappa shape index (κ2) is 5.31. The highest BCUT2D eigenvalue weighted by molar-refractivity contribution is 9.10. The van der Waals surface area contributed by atoms with E-state index in [0.717, 1.165) is 21.2 Å². The maximum Gasteiger partial charge on any atom is 0.191 e. The molecular weight excluding hydrogens is 308 g/mol. The summed E-state index contributed by atoms with van der Waals surface area (Å²) < 4.78 is 3.10. The van der Waals surface area contributed by atoms with Crippen LogP contribution in [0.1, 0.15) is 10.7 Å². The fourth-order valence-corrected chi connectivity index (χ4v) is 3.93. The number of hydrogen-bond donors (Lipinski definition) is 1. The molecule has 0 atom stereocenters. The van der Waals surface area contributed by atoms with Crippen molar-refractivity contribution in [3.8, 4) is 0 Å². The number of thioether (sulfide) groups is 1. The summed E-state index contributed by atoms with van der Waals surface area (Å²) in [7, 11) is 1.94. The second-order valence-corrected chi connectivity index (χ2v) is 5.94. The summed E-state index contributed by atoms with van der Waals surface area (Å²) in [5, 5.41) is 11.1. The maximum atomic E-state index is 5.54. The third-order valence-electron chi connectivity index (χ3n) is 2.13. The standard InChI is InChI=1S/C9H11BrN4S2/c1-14-8(4-11)12-13-9(14)16-5-7-6(10)2-3-15-7/h2-3H,4-5,11H2,1H3. The van der Waals surface area contributed by atoms with Crippen molar-refractivity contribution in [3.63, 3.8) is 0 Å². The number of hydrogen-bond acceptors (Lipinski definition) is 5. The van der Waals surface area contributed by atoms with E-state index < -0.39 is 0 Å². The lowest BCUT2D eigenvalue weighted by atomic mass is 10.5. The van der Waals surface area contributed by atoms with E-state index in [1.165, 1.54) is 4.88 Å². The predicted octanol–water partition coefficient (Wildman–Crippen LogP) is 2.39. The quantitative estimate of drug-likeness (QED) is 0.879. The van der Waals surface area contributed by atoms with Gasteiger partial charge in [-0.05, 0) is 27.4 Å². The minimum atomic E-state index is 0.423. The van der Waals surface area contributed by atoms with Crippen molar-refractivity contribution in [1.82, 2.24) is 14.8 Å². The molecule has 16 heavy (non-hydrogen) atoms. The van der Waals surface area contributed by atoms with Gasteiger partial charge >= 0.3 is 0 Å². The Morgan fingerprint density at radius 3 is 2.94 bits per heavy atom. The molecule has 2 heterocycles. The molecule has 0 aliphatic carbocycles. The van der Waals surface area contributed by atoms with Crippen LogP contribution >= 0.6 is 39.0 Å². The Hall–Kier alpha value is -0.370. The van der Waals surface area contributed by atoms with Crippen LogP contribution in [0, 0.1) is 0 Å². The van der Waals surface area contributed by atoms with Gasteiger partial charge in [0.25, 0.3) is 0 Å². The third-order valence-corrected chi connectivity index (χ3v) is 5.29. The van der Waals surface area contributed by atoms with Crippen molar-refractivity contribution in [1.29, 1.82) is 0 Å². The molecule has 0 fully saturated rings. The number of nitrogens with zero attached hydrogens (tertiary/aromatic N) is 3. The summed E-state index contributed by atoms with van der Waals surface area (Å²) in [5.41, 5.74) is 5.54. The van der Waals surface area contributed by atoms with E-state index in [2.05, 4.69) is 37.6 Å². The summed E-state index contributed by atoms with van der Waals surface area (Å²) in [4.78, 5) is 1.31. The van der Waals surface area contributed by atoms with Crippen molar-refractivity contribution in [3.05, 3.63) is 26.6 Å². The van der Waals surface area contributed by atoms with Gasteiger partial charge in [0.05, 0.1) is 6.54 Å². The van der Waals surface area contributed by atoms with Gasteiger partial charge in [-0.25, -0.2) is 0 Å². The average molecular weight is 319 g/mol. The molecule has 4 nitrogen and oxygen atoms in total. The van der Waals surface area contributed by atoms with Gasteiger partial charge in [0.2, 0.25) is 0 Å². The van der Waals surface area contributed by atoms with Gasteiger partial charge in [0, 0.05) is 22.2 Å². The number of halogens is 1. The van der Waals surface area contributed by atoms with Gasteiger partial charge in [0.1, 0.15) is 5.82 Å². The summed E-state index contributed by atoms with van der Waals surface area (Å²) >= 11 is 6.92. The molecule has 0 spiro atoms. The highest BCUT2D eigenvalue weighted by Crippen LogP contribution is 2.29. The Balaban J connectivity index is 2.05. The maximum absolute atomic E-state index is 5.54. The molecule has 0 amide bonds. The predicted molar refractivity (Wildman–Crippen MR) is 70.5 cm³/mol. The molecule has 2 aromatic rings. The zero-order chi connectivity index (χ0) is 11.5. The monoisotopic (exact) mass is 318 g/mol. The lowest BCUT2D eigenvalue weighted by Crippen LogP contribution is -2.05.